The second-order valence-electron chi connectivity index (χ2n) is 5.83. The summed E-state index contributed by atoms with van der Waals surface area (Å²) in [5, 5.41) is 22.3. The molecule has 23 heavy (non-hydrogen) atoms. The molecule has 1 saturated heterocycles. The molecule has 2 aromatic rings. The SMILES string of the molecule is O=C1N[C@H](c2ccc(O)cc2)[C@H]1CC[C@H](O)c1ccc(F)cc1. The van der Waals surface area contributed by atoms with Crippen LogP contribution in [0.2, 0.25) is 0 Å². The summed E-state index contributed by atoms with van der Waals surface area (Å²) in [5.74, 6) is -0.390. The molecule has 1 aliphatic rings. The van der Waals surface area contributed by atoms with Crippen LogP contribution in [0.1, 0.15) is 36.1 Å². The predicted molar refractivity (Wildman–Crippen MR) is 83.1 cm³/mol. The van der Waals surface area contributed by atoms with E-state index in [4.69, 9.17) is 0 Å². The van der Waals surface area contributed by atoms with Gasteiger partial charge in [-0.3, -0.25) is 4.79 Å². The summed E-state index contributed by atoms with van der Waals surface area (Å²) in [4.78, 5) is 11.8. The lowest BCUT2D eigenvalue weighted by Crippen LogP contribution is -2.51. The zero-order valence-electron chi connectivity index (χ0n) is 12.4. The average molecular weight is 315 g/mol. The highest BCUT2D eigenvalue weighted by molar-refractivity contribution is 5.86. The Morgan fingerprint density at radius 3 is 2.35 bits per heavy atom. The lowest BCUT2D eigenvalue weighted by Gasteiger charge is -2.37. The van der Waals surface area contributed by atoms with Crippen molar-refractivity contribution in [2.45, 2.75) is 25.0 Å². The summed E-state index contributed by atoms with van der Waals surface area (Å²) in [6.45, 7) is 0. The number of hydrogen-bond acceptors (Lipinski definition) is 3. The van der Waals surface area contributed by atoms with Crippen LogP contribution in [0.5, 0.6) is 5.75 Å². The Morgan fingerprint density at radius 2 is 1.74 bits per heavy atom. The minimum atomic E-state index is -0.718. The normalized spacial score (nSPS) is 21.4. The van der Waals surface area contributed by atoms with E-state index in [1.807, 2.05) is 0 Å². The summed E-state index contributed by atoms with van der Waals surface area (Å²) in [6, 6.07) is 12.4. The smallest absolute Gasteiger partial charge is 0.226 e. The van der Waals surface area contributed by atoms with Gasteiger partial charge in [-0.15, -0.1) is 0 Å². The van der Waals surface area contributed by atoms with E-state index < -0.39 is 6.10 Å². The van der Waals surface area contributed by atoms with E-state index in [1.54, 1.807) is 36.4 Å². The number of phenolic OH excluding ortho intramolecular Hbond substituents is 1. The molecule has 0 saturated carbocycles. The molecule has 2 aromatic carbocycles. The summed E-state index contributed by atoms with van der Waals surface area (Å²) in [5.41, 5.74) is 1.58. The van der Waals surface area contributed by atoms with Crippen LogP contribution in [0.4, 0.5) is 4.39 Å². The third kappa shape index (κ3) is 3.35. The summed E-state index contributed by atoms with van der Waals surface area (Å²) >= 11 is 0. The van der Waals surface area contributed by atoms with Crippen LogP contribution in [0.3, 0.4) is 0 Å². The average Bonchev–Trinajstić information content (AvgIpc) is 2.54. The number of carbonyl (C=O) groups is 1. The topological polar surface area (TPSA) is 69.6 Å². The van der Waals surface area contributed by atoms with Crippen molar-refractivity contribution in [2.24, 2.45) is 5.92 Å². The molecule has 1 aliphatic heterocycles. The molecule has 120 valence electrons. The summed E-state index contributed by atoms with van der Waals surface area (Å²) in [6.07, 6.45) is 0.248. The van der Waals surface area contributed by atoms with Crippen LogP contribution in [-0.2, 0) is 4.79 Å². The fraction of sp³-hybridized carbons (Fsp3) is 0.278. The maximum atomic E-state index is 12.9. The van der Waals surface area contributed by atoms with Gasteiger partial charge in [-0.05, 0) is 48.2 Å². The predicted octanol–water partition coefficient (Wildman–Crippen LogP) is 2.83. The monoisotopic (exact) mass is 315 g/mol. The first-order chi connectivity index (χ1) is 11.0. The molecule has 1 fully saturated rings. The number of rotatable bonds is 5. The highest BCUT2D eigenvalue weighted by Gasteiger charge is 2.39. The Labute approximate surface area is 133 Å². The number of β-lactam (4-membered cyclic amide) rings is 1. The number of amides is 1. The van der Waals surface area contributed by atoms with Gasteiger partial charge in [0.1, 0.15) is 11.6 Å². The highest BCUT2D eigenvalue weighted by Crippen LogP contribution is 2.36. The maximum absolute atomic E-state index is 12.9. The molecule has 3 rings (SSSR count). The van der Waals surface area contributed by atoms with Crippen LogP contribution >= 0.6 is 0 Å². The van der Waals surface area contributed by atoms with Gasteiger partial charge < -0.3 is 15.5 Å². The number of nitrogens with one attached hydrogen (secondary N) is 1. The van der Waals surface area contributed by atoms with Gasteiger partial charge in [-0.25, -0.2) is 4.39 Å². The van der Waals surface area contributed by atoms with Gasteiger partial charge in [0.05, 0.1) is 18.1 Å². The van der Waals surface area contributed by atoms with Gasteiger partial charge in [-0.1, -0.05) is 24.3 Å². The third-order valence-corrected chi connectivity index (χ3v) is 4.29. The Balaban J connectivity index is 1.61. The number of aromatic hydroxyl groups is 1. The van der Waals surface area contributed by atoms with E-state index >= 15 is 0 Å². The van der Waals surface area contributed by atoms with Gasteiger partial charge in [0.15, 0.2) is 0 Å². The number of benzene rings is 2. The van der Waals surface area contributed by atoms with Crippen molar-refractivity contribution in [1.82, 2.24) is 5.32 Å². The van der Waals surface area contributed by atoms with Crippen LogP contribution in [0.15, 0.2) is 48.5 Å². The van der Waals surface area contributed by atoms with Crippen molar-refractivity contribution < 1.29 is 19.4 Å². The van der Waals surface area contributed by atoms with Crippen molar-refractivity contribution in [2.75, 3.05) is 0 Å². The quantitative estimate of drug-likeness (QED) is 0.743. The molecule has 0 unspecified atom stereocenters. The van der Waals surface area contributed by atoms with E-state index in [2.05, 4.69) is 5.32 Å². The van der Waals surface area contributed by atoms with E-state index in [-0.39, 0.29) is 29.4 Å². The second kappa shape index (κ2) is 6.38. The Hall–Kier alpha value is -2.40. The molecule has 4 nitrogen and oxygen atoms in total. The van der Waals surface area contributed by atoms with E-state index in [0.717, 1.165) is 5.56 Å². The van der Waals surface area contributed by atoms with Gasteiger partial charge >= 0.3 is 0 Å². The van der Waals surface area contributed by atoms with Gasteiger partial charge in [0.25, 0.3) is 0 Å². The van der Waals surface area contributed by atoms with Crippen LogP contribution in [-0.4, -0.2) is 16.1 Å². The fourth-order valence-electron chi connectivity index (χ4n) is 2.90. The third-order valence-electron chi connectivity index (χ3n) is 4.29. The lowest BCUT2D eigenvalue weighted by atomic mass is 9.81. The Bertz CT molecular complexity index is 684. The van der Waals surface area contributed by atoms with Crippen molar-refractivity contribution in [1.29, 1.82) is 0 Å². The lowest BCUT2D eigenvalue weighted by molar-refractivity contribution is -0.135. The number of aliphatic hydroxyl groups excluding tert-OH is 1. The van der Waals surface area contributed by atoms with Gasteiger partial charge in [-0.2, -0.15) is 0 Å². The molecule has 0 spiro atoms. The number of hydrogen-bond donors (Lipinski definition) is 3. The fourth-order valence-corrected chi connectivity index (χ4v) is 2.90. The van der Waals surface area contributed by atoms with Gasteiger partial charge in [0, 0.05) is 0 Å². The molecule has 0 bridgehead atoms. The summed E-state index contributed by atoms with van der Waals surface area (Å²) in [7, 11) is 0. The zero-order valence-corrected chi connectivity index (χ0v) is 12.4. The molecule has 0 aromatic heterocycles. The molecule has 1 heterocycles. The van der Waals surface area contributed by atoms with Crippen molar-refractivity contribution in [3.05, 3.63) is 65.5 Å². The first kappa shape index (κ1) is 15.5. The van der Waals surface area contributed by atoms with Crippen LogP contribution in [0, 0.1) is 11.7 Å². The number of carbonyl (C=O) groups excluding carboxylic acids is 1. The molecular weight excluding hydrogens is 297 g/mol. The second-order valence-corrected chi connectivity index (χ2v) is 5.83. The molecular formula is C18H18FNO3. The van der Waals surface area contributed by atoms with Crippen molar-refractivity contribution >= 4 is 5.91 Å². The largest absolute Gasteiger partial charge is 0.508 e. The molecule has 3 N–H and O–H groups in total. The Morgan fingerprint density at radius 1 is 1.09 bits per heavy atom. The molecule has 0 aliphatic carbocycles. The number of aliphatic hydroxyl groups is 1. The molecule has 0 radical (unpaired) electrons. The van der Waals surface area contributed by atoms with Gasteiger partial charge in [0.2, 0.25) is 5.91 Å². The van der Waals surface area contributed by atoms with E-state index in [0.29, 0.717) is 18.4 Å². The molecule has 3 atom stereocenters. The maximum Gasteiger partial charge on any atom is 0.226 e. The number of phenols is 1. The first-order valence-corrected chi connectivity index (χ1v) is 7.57. The summed E-state index contributed by atoms with van der Waals surface area (Å²) < 4.78 is 12.9. The van der Waals surface area contributed by atoms with Crippen molar-refractivity contribution in [3.63, 3.8) is 0 Å². The van der Waals surface area contributed by atoms with Crippen molar-refractivity contribution in [3.8, 4) is 5.75 Å². The van der Waals surface area contributed by atoms with Crippen LogP contribution in [0.25, 0.3) is 0 Å². The first-order valence-electron chi connectivity index (χ1n) is 7.57. The minimum Gasteiger partial charge on any atom is -0.508 e. The Kier molecular flexibility index (Phi) is 4.30. The highest BCUT2D eigenvalue weighted by atomic mass is 19.1. The minimum absolute atomic E-state index is 0.0330. The molecule has 5 heteroatoms. The molecule has 1 amide bonds. The van der Waals surface area contributed by atoms with E-state index in [9.17, 15) is 19.4 Å². The number of halogens is 1. The standard InChI is InChI=1S/C18H18FNO3/c19-13-5-1-11(2-6-13)16(22)10-9-15-17(20-18(15)23)12-3-7-14(21)8-4-12/h1-8,15-17,21-22H,9-10H2,(H,20,23)/t15-,16+,17-/m1/s1. The van der Waals surface area contributed by atoms with E-state index in [1.165, 1.54) is 12.1 Å². The van der Waals surface area contributed by atoms with Crippen LogP contribution < -0.4 is 5.32 Å². The zero-order chi connectivity index (χ0) is 16.4.